The van der Waals surface area contributed by atoms with E-state index >= 15 is 0 Å². The van der Waals surface area contributed by atoms with Crippen molar-refractivity contribution in [3.05, 3.63) is 28.8 Å². The minimum absolute atomic E-state index is 0.0320. The Morgan fingerprint density at radius 2 is 2.00 bits per heavy atom. The molecule has 4 atom stereocenters. The summed E-state index contributed by atoms with van der Waals surface area (Å²) in [6.45, 7) is 4.47. The van der Waals surface area contributed by atoms with Gasteiger partial charge in [0.25, 0.3) is 0 Å². The summed E-state index contributed by atoms with van der Waals surface area (Å²) in [5.74, 6) is 3.47. The maximum atomic E-state index is 12.4. The maximum absolute atomic E-state index is 12.4. The monoisotopic (exact) mass is 298 g/mol. The molecule has 0 unspecified atom stereocenters. The van der Waals surface area contributed by atoms with Crippen molar-refractivity contribution in [2.75, 3.05) is 7.11 Å². The molecular weight excluding hydrogens is 272 g/mol. The molecule has 0 amide bonds. The molecule has 118 valence electrons. The Morgan fingerprint density at radius 3 is 2.77 bits per heavy atom. The lowest BCUT2D eigenvalue weighted by Crippen LogP contribution is -2.42. The predicted octanol–water partition coefficient (Wildman–Crippen LogP) is 4.43. The number of ketones is 1. The first-order valence-electron chi connectivity index (χ1n) is 8.76. The molecule has 0 aliphatic heterocycles. The summed E-state index contributed by atoms with van der Waals surface area (Å²) in [5.41, 5.74) is 4.37. The van der Waals surface area contributed by atoms with E-state index in [2.05, 4.69) is 26.0 Å². The van der Waals surface area contributed by atoms with Gasteiger partial charge >= 0.3 is 0 Å². The first-order chi connectivity index (χ1) is 10.6. The third-order valence-electron chi connectivity index (χ3n) is 7.02. The van der Waals surface area contributed by atoms with Crippen LogP contribution in [0.15, 0.2) is 12.1 Å². The molecule has 0 N–H and O–H groups in total. The SMILES string of the molecule is COc1ccc(C)c2c1[C@H]1CC[C@]3(C)C(=O)CC[C@H]3[C@@H]1CC2. The molecule has 22 heavy (non-hydrogen) atoms. The van der Waals surface area contributed by atoms with Crippen LogP contribution < -0.4 is 4.74 Å². The smallest absolute Gasteiger partial charge is 0.139 e. The van der Waals surface area contributed by atoms with Crippen LogP contribution >= 0.6 is 0 Å². The van der Waals surface area contributed by atoms with E-state index in [0.29, 0.717) is 23.5 Å². The summed E-state index contributed by atoms with van der Waals surface area (Å²) >= 11 is 0. The van der Waals surface area contributed by atoms with Crippen LogP contribution in [0.4, 0.5) is 0 Å². The third-order valence-corrected chi connectivity index (χ3v) is 7.02. The number of fused-ring (bicyclic) bond motifs is 5. The van der Waals surface area contributed by atoms with E-state index in [9.17, 15) is 4.79 Å². The van der Waals surface area contributed by atoms with Gasteiger partial charge in [0.05, 0.1) is 7.11 Å². The number of Topliss-reactive ketones (excluding diaryl/α,β-unsaturated/α-hetero) is 1. The fourth-order valence-corrected chi connectivity index (χ4v) is 5.80. The van der Waals surface area contributed by atoms with Gasteiger partial charge in [-0.1, -0.05) is 13.0 Å². The first kappa shape index (κ1) is 14.3. The van der Waals surface area contributed by atoms with E-state index in [1.165, 1.54) is 23.1 Å². The van der Waals surface area contributed by atoms with Crippen molar-refractivity contribution in [1.29, 1.82) is 0 Å². The molecule has 4 rings (SSSR count). The zero-order valence-electron chi connectivity index (χ0n) is 13.9. The van der Waals surface area contributed by atoms with E-state index in [-0.39, 0.29) is 5.41 Å². The van der Waals surface area contributed by atoms with Crippen molar-refractivity contribution in [1.82, 2.24) is 0 Å². The van der Waals surface area contributed by atoms with Gasteiger partial charge in [0.1, 0.15) is 11.5 Å². The largest absolute Gasteiger partial charge is 0.496 e. The maximum Gasteiger partial charge on any atom is 0.139 e. The number of rotatable bonds is 1. The van der Waals surface area contributed by atoms with Crippen LogP contribution in [0.2, 0.25) is 0 Å². The first-order valence-corrected chi connectivity index (χ1v) is 8.76. The van der Waals surface area contributed by atoms with Crippen LogP contribution in [-0.4, -0.2) is 12.9 Å². The van der Waals surface area contributed by atoms with Crippen LogP contribution in [0.3, 0.4) is 0 Å². The van der Waals surface area contributed by atoms with Gasteiger partial charge in [-0.15, -0.1) is 0 Å². The molecule has 2 heteroatoms. The second kappa shape index (κ2) is 4.84. The highest BCUT2D eigenvalue weighted by Gasteiger charge is 2.55. The van der Waals surface area contributed by atoms with Gasteiger partial charge in [-0.25, -0.2) is 0 Å². The third kappa shape index (κ3) is 1.76. The Balaban J connectivity index is 1.79. The molecule has 1 aromatic carbocycles. The van der Waals surface area contributed by atoms with Crippen molar-refractivity contribution in [3.63, 3.8) is 0 Å². The number of hydrogen-bond donors (Lipinski definition) is 0. The van der Waals surface area contributed by atoms with Gasteiger partial charge in [-0.2, -0.15) is 0 Å². The zero-order valence-corrected chi connectivity index (χ0v) is 13.9. The molecule has 2 nitrogen and oxygen atoms in total. The Hall–Kier alpha value is -1.31. The van der Waals surface area contributed by atoms with E-state index < -0.39 is 0 Å². The van der Waals surface area contributed by atoms with Crippen molar-refractivity contribution in [3.8, 4) is 5.75 Å². The summed E-state index contributed by atoms with van der Waals surface area (Å²) in [6, 6.07) is 4.34. The average molecular weight is 298 g/mol. The summed E-state index contributed by atoms with van der Waals surface area (Å²) in [5, 5.41) is 0. The highest BCUT2D eigenvalue weighted by Crippen LogP contribution is 2.60. The number of benzene rings is 1. The molecule has 3 aliphatic carbocycles. The number of carbonyl (C=O) groups is 1. The summed E-state index contributed by atoms with van der Waals surface area (Å²) < 4.78 is 5.71. The number of hydrogen-bond acceptors (Lipinski definition) is 2. The fourth-order valence-electron chi connectivity index (χ4n) is 5.80. The molecular formula is C20H26O2. The second-order valence-electron chi connectivity index (χ2n) is 7.81. The summed E-state index contributed by atoms with van der Waals surface area (Å²) in [6.07, 6.45) is 6.53. The minimum atomic E-state index is -0.0320. The lowest BCUT2D eigenvalue weighted by atomic mass is 9.55. The van der Waals surface area contributed by atoms with E-state index in [1.54, 1.807) is 7.11 Å². The standard InChI is InChI=1S/C20H26O2/c1-12-4-8-17(22-3)19-13(12)5-6-14-15(19)10-11-20(2)16(14)7-9-18(20)21/h4,8,14-16H,5-7,9-11H2,1-3H3/t14-,15+,16+,20+/m1/s1. The fraction of sp³-hybridized carbons (Fsp3) is 0.650. The van der Waals surface area contributed by atoms with Gasteiger partial charge in [0.2, 0.25) is 0 Å². The predicted molar refractivity (Wildman–Crippen MR) is 87.4 cm³/mol. The van der Waals surface area contributed by atoms with Crippen molar-refractivity contribution in [2.45, 2.75) is 58.3 Å². The molecule has 2 saturated carbocycles. The lowest BCUT2D eigenvalue weighted by molar-refractivity contribution is -0.129. The highest BCUT2D eigenvalue weighted by molar-refractivity contribution is 5.87. The van der Waals surface area contributed by atoms with Crippen LogP contribution in [0.5, 0.6) is 5.75 Å². The molecule has 3 aliphatic rings. The Bertz CT molecular complexity index is 633. The molecule has 0 heterocycles. The Kier molecular flexibility index (Phi) is 3.15. The number of methoxy groups -OCH3 is 1. The molecule has 0 saturated heterocycles. The van der Waals surface area contributed by atoms with Gasteiger partial charge in [0, 0.05) is 17.4 Å². The zero-order chi connectivity index (χ0) is 15.5. The van der Waals surface area contributed by atoms with Gasteiger partial charge in [-0.05, 0) is 74.0 Å². The summed E-state index contributed by atoms with van der Waals surface area (Å²) in [7, 11) is 1.79. The van der Waals surface area contributed by atoms with Crippen LogP contribution in [0, 0.1) is 24.2 Å². The number of carbonyl (C=O) groups excluding carboxylic acids is 1. The molecule has 0 aromatic heterocycles. The Labute approximate surface area is 133 Å². The van der Waals surface area contributed by atoms with E-state index in [1.807, 2.05) is 0 Å². The Morgan fingerprint density at radius 1 is 1.18 bits per heavy atom. The molecule has 0 bridgehead atoms. The van der Waals surface area contributed by atoms with Crippen molar-refractivity contribution < 1.29 is 9.53 Å². The van der Waals surface area contributed by atoms with Crippen molar-refractivity contribution in [2.24, 2.45) is 17.3 Å². The van der Waals surface area contributed by atoms with E-state index in [4.69, 9.17) is 4.74 Å². The number of ether oxygens (including phenoxy) is 1. The highest BCUT2D eigenvalue weighted by atomic mass is 16.5. The van der Waals surface area contributed by atoms with E-state index in [0.717, 1.165) is 37.9 Å². The lowest BCUT2D eigenvalue weighted by Gasteiger charge is -2.48. The summed E-state index contributed by atoms with van der Waals surface area (Å²) in [4.78, 5) is 12.4. The van der Waals surface area contributed by atoms with Crippen LogP contribution in [-0.2, 0) is 11.2 Å². The molecule has 2 fully saturated rings. The quantitative estimate of drug-likeness (QED) is 0.766. The van der Waals surface area contributed by atoms with Gasteiger partial charge in [-0.3, -0.25) is 4.79 Å². The van der Waals surface area contributed by atoms with Crippen LogP contribution in [0.25, 0.3) is 0 Å². The van der Waals surface area contributed by atoms with Gasteiger partial charge < -0.3 is 4.74 Å². The molecule has 0 radical (unpaired) electrons. The molecule has 1 aromatic rings. The average Bonchev–Trinajstić information content (AvgIpc) is 2.83. The topological polar surface area (TPSA) is 26.3 Å². The van der Waals surface area contributed by atoms with Gasteiger partial charge in [0.15, 0.2) is 0 Å². The number of aryl methyl sites for hydroxylation is 1. The molecule has 0 spiro atoms. The normalized spacial score (nSPS) is 36.5. The van der Waals surface area contributed by atoms with Crippen LogP contribution in [0.1, 0.15) is 61.6 Å². The minimum Gasteiger partial charge on any atom is -0.496 e. The second-order valence-corrected chi connectivity index (χ2v) is 7.81. The van der Waals surface area contributed by atoms with Crippen molar-refractivity contribution >= 4 is 5.78 Å².